The number of aromatic nitrogens is 1. The van der Waals surface area contributed by atoms with Crippen molar-refractivity contribution >= 4 is 28.2 Å². The van der Waals surface area contributed by atoms with Crippen LogP contribution in [0.3, 0.4) is 0 Å². The Balaban J connectivity index is 1.65. The van der Waals surface area contributed by atoms with E-state index in [2.05, 4.69) is 23.0 Å². The highest BCUT2D eigenvalue weighted by Gasteiger charge is 2.14. The van der Waals surface area contributed by atoms with E-state index in [4.69, 9.17) is 21.1 Å². The van der Waals surface area contributed by atoms with Crippen molar-refractivity contribution in [3.8, 4) is 11.5 Å². The molecular weight excluding hydrogens is 312 g/mol. The summed E-state index contributed by atoms with van der Waals surface area (Å²) in [5, 5.41) is 1.78. The van der Waals surface area contributed by atoms with Crippen LogP contribution in [0.5, 0.6) is 11.5 Å². The van der Waals surface area contributed by atoms with Gasteiger partial charge in [0.25, 0.3) is 0 Å². The first-order valence-electron chi connectivity index (χ1n) is 7.35. The van der Waals surface area contributed by atoms with E-state index < -0.39 is 0 Å². The van der Waals surface area contributed by atoms with Crippen molar-refractivity contribution in [1.82, 2.24) is 4.98 Å². The number of rotatable bonds is 3. The lowest BCUT2D eigenvalue weighted by Gasteiger charge is -2.21. The molecule has 116 valence electrons. The maximum atomic E-state index is 6.06. The lowest BCUT2D eigenvalue weighted by molar-refractivity contribution is 0.174. The second-order valence-electron chi connectivity index (χ2n) is 5.54. The Morgan fingerprint density at radius 2 is 1.96 bits per heavy atom. The molecule has 0 N–H and O–H groups in total. The van der Waals surface area contributed by atoms with Crippen LogP contribution in [0, 0.1) is 0 Å². The van der Waals surface area contributed by atoms with Crippen LogP contribution in [0.1, 0.15) is 5.56 Å². The van der Waals surface area contributed by atoms with E-state index in [-0.39, 0.29) is 0 Å². The molecule has 4 nitrogen and oxygen atoms in total. The fourth-order valence-electron chi connectivity index (χ4n) is 2.84. The first-order valence-corrected chi connectivity index (χ1v) is 7.72. The van der Waals surface area contributed by atoms with E-state index >= 15 is 0 Å². The maximum absolute atomic E-state index is 6.06. The van der Waals surface area contributed by atoms with Crippen LogP contribution in [0.25, 0.3) is 10.9 Å². The number of hydrogen-bond donors (Lipinski definition) is 0. The Hall–Kier alpha value is -2.46. The lowest BCUT2D eigenvalue weighted by atomic mass is 10.1. The monoisotopic (exact) mass is 326 g/mol. The highest BCUT2D eigenvalue weighted by Crippen LogP contribution is 2.33. The standard InChI is InChI=1S/C18H15ClN2O2/c1-21(10-12-2-5-17-18(8-12)23-11-22-17)16-6-7-20-15-9-13(19)3-4-14(15)16/h2-9H,10-11H2,1H3. The van der Waals surface area contributed by atoms with Crippen LogP contribution in [0.2, 0.25) is 5.02 Å². The van der Waals surface area contributed by atoms with Crippen molar-refractivity contribution in [3.63, 3.8) is 0 Å². The molecule has 23 heavy (non-hydrogen) atoms. The number of hydrogen-bond acceptors (Lipinski definition) is 4. The highest BCUT2D eigenvalue weighted by atomic mass is 35.5. The van der Waals surface area contributed by atoms with Crippen molar-refractivity contribution in [2.45, 2.75) is 6.54 Å². The molecule has 0 amide bonds. The van der Waals surface area contributed by atoms with Gasteiger partial charge in [0.1, 0.15) is 0 Å². The number of nitrogens with zero attached hydrogens (tertiary/aromatic N) is 2. The van der Waals surface area contributed by atoms with Crippen molar-refractivity contribution < 1.29 is 9.47 Å². The largest absolute Gasteiger partial charge is 0.454 e. The van der Waals surface area contributed by atoms with Gasteiger partial charge in [0, 0.05) is 35.9 Å². The van der Waals surface area contributed by atoms with Gasteiger partial charge in [-0.15, -0.1) is 0 Å². The first kappa shape index (κ1) is 14.2. The molecule has 2 aromatic carbocycles. The molecule has 0 saturated carbocycles. The summed E-state index contributed by atoms with van der Waals surface area (Å²) in [5.41, 5.74) is 3.17. The summed E-state index contributed by atoms with van der Waals surface area (Å²) in [7, 11) is 2.06. The molecule has 0 unspecified atom stereocenters. The van der Waals surface area contributed by atoms with Gasteiger partial charge in [0.05, 0.1) is 5.52 Å². The molecule has 1 aliphatic heterocycles. The fourth-order valence-corrected chi connectivity index (χ4v) is 3.00. The molecule has 0 bridgehead atoms. The van der Waals surface area contributed by atoms with Gasteiger partial charge in [-0.05, 0) is 42.0 Å². The third-order valence-corrected chi connectivity index (χ3v) is 4.18. The minimum Gasteiger partial charge on any atom is -0.454 e. The first-order chi connectivity index (χ1) is 11.2. The molecule has 0 fully saturated rings. The molecule has 1 aromatic heterocycles. The van der Waals surface area contributed by atoms with Gasteiger partial charge in [-0.2, -0.15) is 0 Å². The zero-order valence-electron chi connectivity index (χ0n) is 12.6. The fraction of sp³-hybridized carbons (Fsp3) is 0.167. The number of anilines is 1. The summed E-state index contributed by atoms with van der Waals surface area (Å²) in [4.78, 5) is 6.58. The van der Waals surface area contributed by atoms with Gasteiger partial charge in [-0.1, -0.05) is 17.7 Å². The van der Waals surface area contributed by atoms with Crippen molar-refractivity contribution in [2.75, 3.05) is 18.7 Å². The maximum Gasteiger partial charge on any atom is 0.231 e. The second kappa shape index (κ2) is 5.63. The molecule has 0 aliphatic carbocycles. The number of benzene rings is 2. The zero-order valence-corrected chi connectivity index (χ0v) is 13.4. The van der Waals surface area contributed by atoms with Gasteiger partial charge in [0.2, 0.25) is 6.79 Å². The Bertz CT molecular complexity index is 882. The lowest BCUT2D eigenvalue weighted by Crippen LogP contribution is -2.16. The molecule has 2 heterocycles. The summed E-state index contributed by atoms with van der Waals surface area (Å²) in [6.07, 6.45) is 1.81. The molecule has 4 rings (SSSR count). The van der Waals surface area contributed by atoms with Gasteiger partial charge < -0.3 is 14.4 Å². The molecule has 5 heteroatoms. The summed E-state index contributed by atoms with van der Waals surface area (Å²) in [6.45, 7) is 1.06. The average molecular weight is 327 g/mol. The summed E-state index contributed by atoms with van der Waals surface area (Å²) in [5.74, 6) is 1.61. The quantitative estimate of drug-likeness (QED) is 0.720. The number of pyridine rings is 1. The predicted octanol–water partition coefficient (Wildman–Crippen LogP) is 4.25. The average Bonchev–Trinajstić information content (AvgIpc) is 3.01. The number of fused-ring (bicyclic) bond motifs is 2. The van der Waals surface area contributed by atoms with Crippen molar-refractivity contribution in [3.05, 3.63) is 59.2 Å². The molecule has 0 atom stereocenters. The number of ether oxygens (including phenoxy) is 2. The Kier molecular flexibility index (Phi) is 3.46. The second-order valence-corrected chi connectivity index (χ2v) is 5.97. The SMILES string of the molecule is CN(Cc1ccc2c(c1)OCO2)c1ccnc2cc(Cl)ccc12. The van der Waals surface area contributed by atoms with Crippen LogP contribution in [0.4, 0.5) is 5.69 Å². The smallest absolute Gasteiger partial charge is 0.231 e. The Morgan fingerprint density at radius 1 is 1.09 bits per heavy atom. The third-order valence-electron chi connectivity index (χ3n) is 3.95. The van der Waals surface area contributed by atoms with Crippen molar-refractivity contribution in [1.29, 1.82) is 0 Å². The summed E-state index contributed by atoms with van der Waals surface area (Å²) in [6, 6.07) is 13.8. The Morgan fingerprint density at radius 3 is 2.87 bits per heavy atom. The molecule has 0 saturated heterocycles. The zero-order chi connectivity index (χ0) is 15.8. The molecule has 3 aromatic rings. The normalized spacial score (nSPS) is 12.6. The van der Waals surface area contributed by atoms with E-state index in [0.29, 0.717) is 11.8 Å². The van der Waals surface area contributed by atoms with E-state index in [9.17, 15) is 0 Å². The van der Waals surface area contributed by atoms with E-state index in [1.54, 1.807) is 0 Å². The van der Waals surface area contributed by atoms with Crippen LogP contribution < -0.4 is 14.4 Å². The third kappa shape index (κ3) is 2.66. The summed E-state index contributed by atoms with van der Waals surface area (Å²) >= 11 is 6.06. The minimum absolute atomic E-state index is 0.296. The van der Waals surface area contributed by atoms with Gasteiger partial charge in [-0.3, -0.25) is 4.98 Å². The molecule has 0 spiro atoms. The van der Waals surface area contributed by atoms with Crippen LogP contribution in [0.15, 0.2) is 48.7 Å². The van der Waals surface area contributed by atoms with Crippen molar-refractivity contribution in [2.24, 2.45) is 0 Å². The highest BCUT2D eigenvalue weighted by molar-refractivity contribution is 6.31. The van der Waals surface area contributed by atoms with Gasteiger partial charge in [0.15, 0.2) is 11.5 Å². The van der Waals surface area contributed by atoms with Gasteiger partial charge in [-0.25, -0.2) is 0 Å². The molecule has 0 radical (unpaired) electrons. The Labute approximate surface area is 139 Å². The van der Waals surface area contributed by atoms with Crippen LogP contribution in [-0.2, 0) is 6.54 Å². The summed E-state index contributed by atoms with van der Waals surface area (Å²) < 4.78 is 10.8. The predicted molar refractivity (Wildman–Crippen MR) is 91.4 cm³/mol. The van der Waals surface area contributed by atoms with E-state index in [1.165, 1.54) is 0 Å². The number of halogens is 1. The van der Waals surface area contributed by atoms with E-state index in [1.807, 2.05) is 42.6 Å². The van der Waals surface area contributed by atoms with E-state index in [0.717, 1.165) is 40.2 Å². The van der Waals surface area contributed by atoms with Crippen LogP contribution in [-0.4, -0.2) is 18.8 Å². The minimum atomic E-state index is 0.296. The topological polar surface area (TPSA) is 34.6 Å². The molecule has 1 aliphatic rings. The van der Waals surface area contributed by atoms with Crippen LogP contribution >= 0.6 is 11.6 Å². The van der Waals surface area contributed by atoms with Gasteiger partial charge >= 0.3 is 0 Å². The molecular formula is C18H15ClN2O2.